The molecule has 26 heavy (non-hydrogen) atoms. The molecule has 0 saturated carbocycles. The van der Waals surface area contributed by atoms with Crippen LogP contribution in [0.5, 0.6) is 0 Å². The lowest BCUT2D eigenvalue weighted by Crippen LogP contribution is -2.42. The zero-order chi connectivity index (χ0) is 19.1. The van der Waals surface area contributed by atoms with Crippen LogP contribution in [-0.4, -0.2) is 38.0 Å². The highest BCUT2D eigenvalue weighted by Gasteiger charge is 2.21. The minimum Gasteiger partial charge on any atom is -0.480 e. The number of aryl methyl sites for hydroxylation is 1. The van der Waals surface area contributed by atoms with Crippen molar-refractivity contribution < 1.29 is 14.7 Å². The van der Waals surface area contributed by atoms with E-state index in [4.69, 9.17) is 0 Å². The molecule has 0 spiro atoms. The van der Waals surface area contributed by atoms with Crippen LogP contribution in [0.25, 0.3) is 11.4 Å². The standard InChI is InChI=1S/C18H22N4O4/c1-3-4-7-14(18(25)26)21-15(23)9-13-11(2)20-16(22-17(13)24)12-6-5-8-19-10-12/h5-6,8,10,14H,3-4,7,9H2,1-2H3,(H,21,23)(H,25,26)(H,20,22,24). The second kappa shape index (κ2) is 8.89. The molecule has 2 heterocycles. The summed E-state index contributed by atoms with van der Waals surface area (Å²) < 4.78 is 0. The monoisotopic (exact) mass is 358 g/mol. The number of carbonyl (C=O) groups excluding carboxylic acids is 1. The third kappa shape index (κ3) is 4.98. The van der Waals surface area contributed by atoms with Crippen LogP contribution >= 0.6 is 0 Å². The summed E-state index contributed by atoms with van der Waals surface area (Å²) in [4.78, 5) is 46.7. The van der Waals surface area contributed by atoms with Crippen LogP contribution in [0.1, 0.15) is 37.4 Å². The van der Waals surface area contributed by atoms with Crippen LogP contribution in [0.2, 0.25) is 0 Å². The molecule has 0 bridgehead atoms. The number of carboxylic acid groups (broad SMARTS) is 1. The van der Waals surface area contributed by atoms with E-state index in [1.54, 1.807) is 31.5 Å². The van der Waals surface area contributed by atoms with Gasteiger partial charge in [-0.05, 0) is 25.5 Å². The SMILES string of the molecule is CCCCC(NC(=O)Cc1c(C)nc(-c2cccnc2)[nH]c1=O)C(=O)O. The molecule has 2 rings (SSSR count). The highest BCUT2D eigenvalue weighted by atomic mass is 16.4. The number of hydrogen-bond acceptors (Lipinski definition) is 5. The molecule has 138 valence electrons. The number of aromatic nitrogens is 3. The quantitative estimate of drug-likeness (QED) is 0.656. The summed E-state index contributed by atoms with van der Waals surface area (Å²) in [7, 11) is 0. The topological polar surface area (TPSA) is 125 Å². The molecule has 0 aromatic carbocycles. The Morgan fingerprint density at radius 2 is 2.15 bits per heavy atom. The predicted molar refractivity (Wildman–Crippen MR) is 95.6 cm³/mol. The van der Waals surface area contributed by atoms with E-state index in [9.17, 15) is 19.5 Å². The molecule has 1 unspecified atom stereocenters. The van der Waals surface area contributed by atoms with Crippen molar-refractivity contribution in [3.8, 4) is 11.4 Å². The zero-order valence-electron chi connectivity index (χ0n) is 14.8. The van der Waals surface area contributed by atoms with E-state index in [2.05, 4.69) is 20.3 Å². The van der Waals surface area contributed by atoms with E-state index >= 15 is 0 Å². The number of rotatable bonds is 8. The maximum absolute atomic E-state index is 12.3. The number of nitrogens with one attached hydrogen (secondary N) is 2. The minimum absolute atomic E-state index is 0.217. The van der Waals surface area contributed by atoms with Gasteiger partial charge in [0.2, 0.25) is 5.91 Å². The van der Waals surface area contributed by atoms with Crippen molar-refractivity contribution in [2.75, 3.05) is 0 Å². The maximum atomic E-state index is 12.3. The average Bonchev–Trinajstić information content (AvgIpc) is 2.62. The van der Waals surface area contributed by atoms with E-state index in [1.165, 1.54) is 0 Å². The molecule has 3 N–H and O–H groups in total. The summed E-state index contributed by atoms with van der Waals surface area (Å²) in [5.74, 6) is -1.23. The van der Waals surface area contributed by atoms with E-state index < -0.39 is 23.5 Å². The van der Waals surface area contributed by atoms with Gasteiger partial charge in [0.15, 0.2) is 0 Å². The lowest BCUT2D eigenvalue weighted by molar-refractivity contribution is -0.142. The molecule has 8 nitrogen and oxygen atoms in total. The Morgan fingerprint density at radius 3 is 2.73 bits per heavy atom. The summed E-state index contributed by atoms with van der Waals surface area (Å²) in [6, 6.07) is 2.54. The fourth-order valence-corrected chi connectivity index (χ4v) is 2.53. The highest BCUT2D eigenvalue weighted by Crippen LogP contribution is 2.13. The van der Waals surface area contributed by atoms with Gasteiger partial charge in [-0.3, -0.25) is 14.6 Å². The number of nitrogens with zero attached hydrogens (tertiary/aromatic N) is 2. The van der Waals surface area contributed by atoms with Crippen molar-refractivity contribution in [1.29, 1.82) is 0 Å². The third-order valence-electron chi connectivity index (χ3n) is 3.97. The Bertz CT molecular complexity index is 833. The third-order valence-corrected chi connectivity index (χ3v) is 3.97. The Kier molecular flexibility index (Phi) is 6.60. The molecular weight excluding hydrogens is 336 g/mol. The van der Waals surface area contributed by atoms with Crippen LogP contribution < -0.4 is 10.9 Å². The Labute approximate surface area is 150 Å². The summed E-state index contributed by atoms with van der Waals surface area (Å²) in [5, 5.41) is 11.7. The molecule has 0 saturated heterocycles. The number of carbonyl (C=O) groups is 2. The van der Waals surface area contributed by atoms with Gasteiger partial charge in [0, 0.05) is 29.2 Å². The van der Waals surface area contributed by atoms with Gasteiger partial charge in [0.05, 0.1) is 6.42 Å². The molecule has 0 aliphatic carbocycles. The van der Waals surface area contributed by atoms with Crippen LogP contribution in [0.4, 0.5) is 0 Å². The number of pyridine rings is 1. The molecule has 0 aliphatic rings. The van der Waals surface area contributed by atoms with Gasteiger partial charge in [-0.15, -0.1) is 0 Å². The van der Waals surface area contributed by atoms with Gasteiger partial charge >= 0.3 is 5.97 Å². The zero-order valence-corrected chi connectivity index (χ0v) is 14.8. The van der Waals surface area contributed by atoms with Crippen LogP contribution in [-0.2, 0) is 16.0 Å². The van der Waals surface area contributed by atoms with Gasteiger partial charge in [-0.2, -0.15) is 0 Å². The molecular formula is C18H22N4O4. The lowest BCUT2D eigenvalue weighted by Gasteiger charge is -2.14. The first-order chi connectivity index (χ1) is 12.4. The molecule has 0 fully saturated rings. The second-order valence-electron chi connectivity index (χ2n) is 6.00. The van der Waals surface area contributed by atoms with Gasteiger partial charge in [-0.1, -0.05) is 19.8 Å². The van der Waals surface area contributed by atoms with Crippen molar-refractivity contribution in [3.05, 3.63) is 46.1 Å². The summed E-state index contributed by atoms with van der Waals surface area (Å²) >= 11 is 0. The average molecular weight is 358 g/mol. The van der Waals surface area contributed by atoms with Gasteiger partial charge in [0.25, 0.3) is 5.56 Å². The first-order valence-electron chi connectivity index (χ1n) is 8.44. The number of amides is 1. The normalized spacial score (nSPS) is 11.8. The summed E-state index contributed by atoms with van der Waals surface area (Å²) in [6.07, 6.45) is 4.85. The number of aromatic amines is 1. The number of carboxylic acids is 1. The van der Waals surface area contributed by atoms with Crippen LogP contribution in [0.3, 0.4) is 0 Å². The molecule has 0 aliphatic heterocycles. The van der Waals surface area contributed by atoms with Crippen molar-refractivity contribution in [2.45, 2.75) is 45.6 Å². The smallest absolute Gasteiger partial charge is 0.326 e. The molecule has 2 aromatic rings. The number of unbranched alkanes of at least 4 members (excludes halogenated alkanes) is 1. The summed E-state index contributed by atoms with van der Waals surface area (Å²) in [5.41, 5.74) is 0.874. The van der Waals surface area contributed by atoms with Gasteiger partial charge < -0.3 is 15.4 Å². The van der Waals surface area contributed by atoms with E-state index in [-0.39, 0.29) is 12.0 Å². The van der Waals surface area contributed by atoms with E-state index in [0.717, 1.165) is 6.42 Å². The second-order valence-corrected chi connectivity index (χ2v) is 6.00. The predicted octanol–water partition coefficient (Wildman–Crippen LogP) is 1.44. The minimum atomic E-state index is -1.08. The number of H-pyrrole nitrogens is 1. The largest absolute Gasteiger partial charge is 0.480 e. The van der Waals surface area contributed by atoms with Crippen molar-refractivity contribution in [3.63, 3.8) is 0 Å². The van der Waals surface area contributed by atoms with E-state index in [1.807, 2.05) is 6.92 Å². The van der Waals surface area contributed by atoms with E-state index in [0.29, 0.717) is 29.9 Å². The number of aliphatic carboxylic acids is 1. The molecule has 0 radical (unpaired) electrons. The first-order valence-corrected chi connectivity index (χ1v) is 8.44. The van der Waals surface area contributed by atoms with Crippen LogP contribution in [0.15, 0.2) is 29.3 Å². The Hall–Kier alpha value is -3.03. The molecule has 1 amide bonds. The molecule has 2 aromatic heterocycles. The molecule has 1 atom stereocenters. The summed E-state index contributed by atoms with van der Waals surface area (Å²) in [6.45, 7) is 3.59. The lowest BCUT2D eigenvalue weighted by atomic mass is 10.1. The number of hydrogen-bond donors (Lipinski definition) is 3. The van der Waals surface area contributed by atoms with Crippen molar-refractivity contribution in [2.24, 2.45) is 0 Å². The Balaban J connectivity index is 2.15. The fourth-order valence-electron chi connectivity index (χ4n) is 2.53. The maximum Gasteiger partial charge on any atom is 0.326 e. The van der Waals surface area contributed by atoms with Crippen LogP contribution in [0, 0.1) is 6.92 Å². The van der Waals surface area contributed by atoms with Gasteiger partial charge in [-0.25, -0.2) is 9.78 Å². The van der Waals surface area contributed by atoms with Crippen molar-refractivity contribution >= 4 is 11.9 Å². The fraction of sp³-hybridized carbons (Fsp3) is 0.389. The highest BCUT2D eigenvalue weighted by molar-refractivity contribution is 5.84. The molecule has 8 heteroatoms. The first kappa shape index (κ1) is 19.3. The van der Waals surface area contributed by atoms with Crippen molar-refractivity contribution in [1.82, 2.24) is 20.3 Å². The Morgan fingerprint density at radius 1 is 1.38 bits per heavy atom. The van der Waals surface area contributed by atoms with Gasteiger partial charge in [0.1, 0.15) is 11.9 Å².